The third kappa shape index (κ3) is 2.45. The van der Waals surface area contributed by atoms with Crippen LogP contribution in [0, 0.1) is 6.92 Å². The Labute approximate surface area is 123 Å². The molecule has 4 heteroatoms. The maximum atomic E-state index is 6.03. The summed E-state index contributed by atoms with van der Waals surface area (Å²) in [5.41, 5.74) is 9.13. The third-order valence-corrected chi connectivity index (χ3v) is 4.73. The SMILES string of the molecule is Cc1sc(CN)nc1-c1ccc2c(c1)CCC(C)(C)O2. The molecule has 0 aliphatic carbocycles. The van der Waals surface area contributed by atoms with Crippen LogP contribution in [0.4, 0.5) is 0 Å². The zero-order valence-electron chi connectivity index (χ0n) is 12.2. The van der Waals surface area contributed by atoms with Crippen molar-refractivity contribution < 1.29 is 4.74 Å². The largest absolute Gasteiger partial charge is 0.488 e. The van der Waals surface area contributed by atoms with Gasteiger partial charge >= 0.3 is 0 Å². The smallest absolute Gasteiger partial charge is 0.123 e. The van der Waals surface area contributed by atoms with E-state index in [9.17, 15) is 0 Å². The fourth-order valence-corrected chi connectivity index (χ4v) is 3.45. The normalized spacial score (nSPS) is 16.6. The lowest BCUT2D eigenvalue weighted by molar-refractivity contribution is 0.0847. The average Bonchev–Trinajstić information content (AvgIpc) is 2.78. The summed E-state index contributed by atoms with van der Waals surface area (Å²) in [6, 6.07) is 6.39. The van der Waals surface area contributed by atoms with Crippen molar-refractivity contribution in [2.45, 2.75) is 45.8 Å². The van der Waals surface area contributed by atoms with Crippen LogP contribution in [0.5, 0.6) is 5.75 Å². The van der Waals surface area contributed by atoms with Gasteiger partial charge in [0.2, 0.25) is 0 Å². The highest BCUT2D eigenvalue weighted by Crippen LogP contribution is 2.36. The third-order valence-electron chi connectivity index (χ3n) is 3.73. The average molecular weight is 288 g/mol. The van der Waals surface area contributed by atoms with Crippen molar-refractivity contribution in [2.24, 2.45) is 5.73 Å². The second-order valence-corrected chi connectivity index (χ2v) is 7.19. The van der Waals surface area contributed by atoms with E-state index in [2.05, 4.69) is 44.0 Å². The van der Waals surface area contributed by atoms with Crippen LogP contribution in [0.15, 0.2) is 18.2 Å². The Balaban J connectivity index is 1.98. The van der Waals surface area contributed by atoms with E-state index >= 15 is 0 Å². The Morgan fingerprint density at radius 1 is 1.40 bits per heavy atom. The number of aromatic nitrogens is 1. The van der Waals surface area contributed by atoms with Crippen molar-refractivity contribution in [1.82, 2.24) is 4.98 Å². The topological polar surface area (TPSA) is 48.1 Å². The maximum Gasteiger partial charge on any atom is 0.123 e. The van der Waals surface area contributed by atoms with Crippen molar-refractivity contribution in [3.05, 3.63) is 33.6 Å². The second-order valence-electron chi connectivity index (χ2n) is 5.90. The predicted molar refractivity (Wildman–Crippen MR) is 83.2 cm³/mol. The first-order valence-corrected chi connectivity index (χ1v) is 7.79. The number of ether oxygens (including phenoxy) is 1. The minimum atomic E-state index is -0.0578. The number of thiazole rings is 1. The fourth-order valence-electron chi connectivity index (χ4n) is 2.61. The highest BCUT2D eigenvalue weighted by Gasteiger charge is 2.26. The van der Waals surface area contributed by atoms with Gasteiger partial charge in [0.05, 0.1) is 5.69 Å². The molecule has 106 valence electrons. The van der Waals surface area contributed by atoms with Crippen molar-refractivity contribution >= 4 is 11.3 Å². The van der Waals surface area contributed by atoms with Crippen LogP contribution in [0.25, 0.3) is 11.3 Å². The van der Waals surface area contributed by atoms with E-state index in [4.69, 9.17) is 10.5 Å². The lowest BCUT2D eigenvalue weighted by Gasteiger charge is -2.32. The van der Waals surface area contributed by atoms with Crippen LogP contribution in [-0.4, -0.2) is 10.6 Å². The molecular weight excluding hydrogens is 268 g/mol. The molecule has 1 aliphatic heterocycles. The van der Waals surface area contributed by atoms with E-state index in [1.54, 1.807) is 11.3 Å². The summed E-state index contributed by atoms with van der Waals surface area (Å²) in [7, 11) is 0. The lowest BCUT2D eigenvalue weighted by atomic mass is 9.93. The molecule has 0 bridgehead atoms. The van der Waals surface area contributed by atoms with Gasteiger partial charge in [0.25, 0.3) is 0 Å². The molecule has 3 rings (SSSR count). The van der Waals surface area contributed by atoms with Crippen molar-refractivity contribution in [3.8, 4) is 17.0 Å². The molecule has 0 saturated carbocycles. The molecule has 1 aromatic carbocycles. The fraction of sp³-hybridized carbons (Fsp3) is 0.438. The zero-order valence-corrected chi connectivity index (χ0v) is 13.0. The second kappa shape index (κ2) is 4.86. The van der Waals surface area contributed by atoms with Crippen LogP contribution in [0.1, 0.15) is 35.7 Å². The van der Waals surface area contributed by atoms with Crippen molar-refractivity contribution in [1.29, 1.82) is 0 Å². The Hall–Kier alpha value is -1.39. The standard InChI is InChI=1S/C16H20N2OS/c1-10-15(18-14(9-17)20-10)12-4-5-13-11(8-12)6-7-16(2,3)19-13/h4-5,8H,6-7,9,17H2,1-3H3. The summed E-state index contributed by atoms with van der Waals surface area (Å²) in [6.45, 7) is 6.89. The van der Waals surface area contributed by atoms with E-state index < -0.39 is 0 Å². The Bertz CT molecular complexity index is 646. The van der Waals surface area contributed by atoms with Crippen molar-refractivity contribution in [2.75, 3.05) is 0 Å². The summed E-state index contributed by atoms with van der Waals surface area (Å²) in [4.78, 5) is 5.85. The number of nitrogens with two attached hydrogens (primary N) is 1. The lowest BCUT2D eigenvalue weighted by Crippen LogP contribution is -2.32. The molecule has 1 aliphatic rings. The van der Waals surface area contributed by atoms with Crippen molar-refractivity contribution in [3.63, 3.8) is 0 Å². The van der Waals surface area contributed by atoms with Gasteiger partial charge in [-0.15, -0.1) is 11.3 Å². The summed E-state index contributed by atoms with van der Waals surface area (Å²) >= 11 is 1.68. The summed E-state index contributed by atoms with van der Waals surface area (Å²) in [5, 5.41) is 0.993. The minimum Gasteiger partial charge on any atom is -0.488 e. The number of aryl methyl sites for hydroxylation is 2. The minimum absolute atomic E-state index is 0.0578. The molecular formula is C16H20N2OS. The van der Waals surface area contributed by atoms with Gasteiger partial charge in [-0.25, -0.2) is 4.98 Å². The van der Waals surface area contributed by atoms with Gasteiger partial charge in [0, 0.05) is 17.0 Å². The van der Waals surface area contributed by atoms with Crippen LogP contribution < -0.4 is 10.5 Å². The van der Waals surface area contributed by atoms with Gasteiger partial charge in [-0.1, -0.05) is 0 Å². The molecule has 2 N–H and O–H groups in total. The quantitative estimate of drug-likeness (QED) is 0.917. The Kier molecular flexibility index (Phi) is 3.30. The van der Waals surface area contributed by atoms with Crippen LogP contribution >= 0.6 is 11.3 Å². The zero-order chi connectivity index (χ0) is 14.3. The maximum absolute atomic E-state index is 6.03. The molecule has 2 heterocycles. The predicted octanol–water partition coefficient (Wildman–Crippen LogP) is 3.68. The number of rotatable bonds is 2. The van der Waals surface area contributed by atoms with Gasteiger partial charge in [0.15, 0.2) is 0 Å². The number of hydrogen-bond acceptors (Lipinski definition) is 4. The first-order chi connectivity index (χ1) is 9.48. The molecule has 0 fully saturated rings. The van der Waals surface area contributed by atoms with Gasteiger partial charge < -0.3 is 10.5 Å². The van der Waals surface area contributed by atoms with Crippen LogP contribution in [0.3, 0.4) is 0 Å². The monoisotopic (exact) mass is 288 g/mol. The number of nitrogens with zero attached hydrogens (tertiary/aromatic N) is 1. The molecule has 0 spiro atoms. The summed E-state index contributed by atoms with van der Waals surface area (Å²) in [5.74, 6) is 1.01. The molecule has 3 nitrogen and oxygen atoms in total. The molecule has 0 saturated heterocycles. The molecule has 20 heavy (non-hydrogen) atoms. The van der Waals surface area contributed by atoms with Gasteiger partial charge in [0.1, 0.15) is 16.4 Å². The Morgan fingerprint density at radius 2 is 2.20 bits per heavy atom. The first kappa shape index (κ1) is 13.6. The number of benzene rings is 1. The van der Waals surface area contributed by atoms with Crippen LogP contribution in [0.2, 0.25) is 0 Å². The highest BCUT2D eigenvalue weighted by molar-refractivity contribution is 7.12. The number of hydrogen-bond donors (Lipinski definition) is 1. The molecule has 0 unspecified atom stereocenters. The molecule has 2 aromatic rings. The molecule has 1 aromatic heterocycles. The Morgan fingerprint density at radius 3 is 2.90 bits per heavy atom. The molecule has 0 amide bonds. The molecule has 0 atom stereocenters. The summed E-state index contributed by atoms with van der Waals surface area (Å²) < 4.78 is 6.03. The van der Waals surface area contributed by atoms with E-state index in [-0.39, 0.29) is 5.60 Å². The van der Waals surface area contributed by atoms with Gasteiger partial charge in [-0.2, -0.15) is 0 Å². The first-order valence-electron chi connectivity index (χ1n) is 6.97. The van der Waals surface area contributed by atoms with E-state index in [0.717, 1.165) is 29.3 Å². The van der Waals surface area contributed by atoms with E-state index in [1.807, 2.05) is 0 Å². The molecule has 0 radical (unpaired) electrons. The van der Waals surface area contributed by atoms with E-state index in [1.165, 1.54) is 16.0 Å². The number of fused-ring (bicyclic) bond motifs is 1. The van der Waals surface area contributed by atoms with E-state index in [0.29, 0.717) is 6.54 Å². The van der Waals surface area contributed by atoms with Gasteiger partial charge in [-0.3, -0.25) is 0 Å². The van der Waals surface area contributed by atoms with Gasteiger partial charge in [-0.05, 0) is 57.4 Å². The van der Waals surface area contributed by atoms with Crippen LogP contribution in [-0.2, 0) is 13.0 Å². The highest BCUT2D eigenvalue weighted by atomic mass is 32.1. The summed E-state index contributed by atoms with van der Waals surface area (Å²) in [6.07, 6.45) is 2.11.